The molecule has 1 fully saturated rings. The van der Waals surface area contributed by atoms with E-state index in [2.05, 4.69) is 23.7 Å². The lowest BCUT2D eigenvalue weighted by molar-refractivity contribution is 0.395. The Morgan fingerprint density at radius 1 is 1.44 bits per heavy atom. The van der Waals surface area contributed by atoms with Crippen molar-refractivity contribution in [2.45, 2.75) is 39.7 Å². The topological polar surface area (TPSA) is 42.2 Å². The standard InChI is InChI=1S/C12H21N3S/c1-3-10-4-6-15(7-5-10)12-14-9(2)11(8-13)16-12/h10H,3-8,13H2,1-2H3. The number of nitrogens with two attached hydrogens (primary N) is 1. The highest BCUT2D eigenvalue weighted by Gasteiger charge is 2.20. The third-order valence-corrected chi connectivity index (χ3v) is 4.77. The van der Waals surface area contributed by atoms with E-state index < -0.39 is 0 Å². The molecule has 90 valence electrons. The first kappa shape index (κ1) is 11.9. The van der Waals surface area contributed by atoms with Crippen LogP contribution in [-0.4, -0.2) is 18.1 Å². The van der Waals surface area contributed by atoms with Crippen LogP contribution in [0, 0.1) is 12.8 Å². The fourth-order valence-electron chi connectivity index (χ4n) is 2.27. The van der Waals surface area contributed by atoms with Gasteiger partial charge in [-0.15, -0.1) is 11.3 Å². The average molecular weight is 239 g/mol. The minimum Gasteiger partial charge on any atom is -0.348 e. The van der Waals surface area contributed by atoms with E-state index in [1.807, 2.05) is 0 Å². The number of hydrogen-bond acceptors (Lipinski definition) is 4. The van der Waals surface area contributed by atoms with Crippen molar-refractivity contribution in [1.29, 1.82) is 0 Å². The van der Waals surface area contributed by atoms with Crippen molar-refractivity contribution in [3.63, 3.8) is 0 Å². The molecule has 1 aromatic rings. The minimum atomic E-state index is 0.620. The quantitative estimate of drug-likeness (QED) is 0.881. The molecule has 1 aromatic heterocycles. The lowest BCUT2D eigenvalue weighted by Crippen LogP contribution is -2.33. The smallest absolute Gasteiger partial charge is 0.185 e. The number of anilines is 1. The summed E-state index contributed by atoms with van der Waals surface area (Å²) in [6, 6.07) is 0. The molecule has 2 N–H and O–H groups in total. The first-order valence-corrected chi connectivity index (χ1v) is 6.97. The molecule has 0 spiro atoms. The lowest BCUT2D eigenvalue weighted by Gasteiger charge is -2.31. The van der Waals surface area contributed by atoms with Crippen molar-refractivity contribution in [2.24, 2.45) is 11.7 Å². The van der Waals surface area contributed by atoms with Gasteiger partial charge in [-0.3, -0.25) is 0 Å². The van der Waals surface area contributed by atoms with Crippen LogP contribution in [-0.2, 0) is 6.54 Å². The molecule has 2 heterocycles. The summed E-state index contributed by atoms with van der Waals surface area (Å²) in [5, 5.41) is 1.17. The van der Waals surface area contributed by atoms with Crippen LogP contribution in [0.4, 0.5) is 5.13 Å². The molecule has 2 rings (SSSR count). The Morgan fingerprint density at radius 3 is 2.62 bits per heavy atom. The van der Waals surface area contributed by atoms with Crippen LogP contribution < -0.4 is 10.6 Å². The van der Waals surface area contributed by atoms with E-state index in [0.717, 1.165) is 24.7 Å². The summed E-state index contributed by atoms with van der Waals surface area (Å²) >= 11 is 1.76. The van der Waals surface area contributed by atoms with E-state index in [-0.39, 0.29) is 0 Å². The van der Waals surface area contributed by atoms with E-state index >= 15 is 0 Å². The molecule has 1 aliphatic rings. The van der Waals surface area contributed by atoms with Crippen LogP contribution in [0.1, 0.15) is 36.8 Å². The van der Waals surface area contributed by atoms with Gasteiger partial charge in [-0.25, -0.2) is 4.98 Å². The minimum absolute atomic E-state index is 0.620. The number of hydrogen-bond donors (Lipinski definition) is 1. The molecule has 0 aromatic carbocycles. The number of aryl methyl sites for hydroxylation is 1. The predicted molar refractivity (Wildman–Crippen MR) is 70.0 cm³/mol. The molecule has 0 atom stereocenters. The van der Waals surface area contributed by atoms with E-state index in [0.29, 0.717) is 6.54 Å². The molecular formula is C12H21N3S. The summed E-state index contributed by atoms with van der Waals surface area (Å²) in [6.45, 7) is 7.29. The van der Waals surface area contributed by atoms with Crippen LogP contribution in [0.2, 0.25) is 0 Å². The number of piperidine rings is 1. The first-order valence-electron chi connectivity index (χ1n) is 6.16. The zero-order valence-corrected chi connectivity index (χ0v) is 11.0. The van der Waals surface area contributed by atoms with E-state index in [1.54, 1.807) is 11.3 Å². The van der Waals surface area contributed by atoms with Gasteiger partial charge in [-0.1, -0.05) is 13.3 Å². The Hall–Kier alpha value is -0.610. The molecular weight excluding hydrogens is 218 g/mol. The molecule has 3 nitrogen and oxygen atoms in total. The normalized spacial score (nSPS) is 18.1. The van der Waals surface area contributed by atoms with Crippen molar-refractivity contribution < 1.29 is 0 Å². The predicted octanol–water partition coefficient (Wildman–Crippen LogP) is 2.54. The number of aromatic nitrogens is 1. The second-order valence-electron chi connectivity index (χ2n) is 4.55. The van der Waals surface area contributed by atoms with Gasteiger partial charge in [0.05, 0.1) is 5.69 Å². The second-order valence-corrected chi connectivity index (χ2v) is 5.61. The van der Waals surface area contributed by atoms with Gasteiger partial charge in [0.2, 0.25) is 0 Å². The van der Waals surface area contributed by atoms with Crippen LogP contribution in [0.25, 0.3) is 0 Å². The van der Waals surface area contributed by atoms with Crippen molar-refractivity contribution in [1.82, 2.24) is 4.98 Å². The Morgan fingerprint density at radius 2 is 2.12 bits per heavy atom. The molecule has 1 aliphatic heterocycles. The van der Waals surface area contributed by atoms with Crippen molar-refractivity contribution >= 4 is 16.5 Å². The maximum absolute atomic E-state index is 5.69. The van der Waals surface area contributed by atoms with Crippen LogP contribution >= 0.6 is 11.3 Å². The van der Waals surface area contributed by atoms with E-state index in [1.165, 1.54) is 29.3 Å². The van der Waals surface area contributed by atoms with Crippen molar-refractivity contribution in [2.75, 3.05) is 18.0 Å². The van der Waals surface area contributed by atoms with Gasteiger partial charge in [0, 0.05) is 24.5 Å². The van der Waals surface area contributed by atoms with Crippen molar-refractivity contribution in [3.05, 3.63) is 10.6 Å². The zero-order chi connectivity index (χ0) is 11.5. The summed E-state index contributed by atoms with van der Waals surface area (Å²) in [7, 11) is 0. The Kier molecular flexibility index (Phi) is 3.82. The van der Waals surface area contributed by atoms with Gasteiger partial charge in [0.1, 0.15) is 0 Å². The average Bonchev–Trinajstić information content (AvgIpc) is 2.71. The van der Waals surface area contributed by atoms with Gasteiger partial charge in [0.15, 0.2) is 5.13 Å². The highest BCUT2D eigenvalue weighted by atomic mass is 32.1. The third kappa shape index (κ3) is 2.38. The number of thiazole rings is 1. The largest absolute Gasteiger partial charge is 0.348 e. The monoisotopic (exact) mass is 239 g/mol. The maximum atomic E-state index is 5.69. The maximum Gasteiger partial charge on any atom is 0.185 e. The van der Waals surface area contributed by atoms with Crippen LogP contribution in [0.15, 0.2) is 0 Å². The van der Waals surface area contributed by atoms with Crippen molar-refractivity contribution in [3.8, 4) is 0 Å². The highest BCUT2D eigenvalue weighted by Crippen LogP contribution is 2.30. The summed E-state index contributed by atoms with van der Waals surface area (Å²) in [4.78, 5) is 8.27. The fraction of sp³-hybridized carbons (Fsp3) is 0.750. The summed E-state index contributed by atoms with van der Waals surface area (Å²) < 4.78 is 0. The zero-order valence-electron chi connectivity index (χ0n) is 10.2. The first-order chi connectivity index (χ1) is 7.74. The number of rotatable bonds is 3. The Labute approximate surface area is 102 Å². The highest BCUT2D eigenvalue weighted by molar-refractivity contribution is 7.15. The Balaban J connectivity index is 2.02. The molecule has 0 radical (unpaired) electrons. The van der Waals surface area contributed by atoms with E-state index in [9.17, 15) is 0 Å². The van der Waals surface area contributed by atoms with Gasteiger partial charge >= 0.3 is 0 Å². The van der Waals surface area contributed by atoms with E-state index in [4.69, 9.17) is 5.73 Å². The molecule has 0 aliphatic carbocycles. The Bertz CT molecular complexity index is 340. The molecule has 0 saturated carbocycles. The molecule has 0 amide bonds. The molecule has 0 unspecified atom stereocenters. The van der Waals surface area contributed by atoms with Gasteiger partial charge < -0.3 is 10.6 Å². The molecule has 1 saturated heterocycles. The summed E-state index contributed by atoms with van der Waals surface area (Å²) in [6.07, 6.45) is 3.94. The molecule has 4 heteroatoms. The summed E-state index contributed by atoms with van der Waals surface area (Å²) in [5.41, 5.74) is 6.80. The van der Waals surface area contributed by atoms with Gasteiger partial charge in [-0.2, -0.15) is 0 Å². The SMILES string of the molecule is CCC1CCN(c2nc(C)c(CN)s2)CC1. The molecule has 0 bridgehead atoms. The second kappa shape index (κ2) is 5.15. The number of nitrogens with zero attached hydrogens (tertiary/aromatic N) is 2. The van der Waals surface area contributed by atoms with Gasteiger partial charge in [-0.05, 0) is 25.7 Å². The fourth-order valence-corrected chi connectivity index (χ4v) is 3.26. The lowest BCUT2D eigenvalue weighted by atomic mass is 9.95. The third-order valence-electron chi connectivity index (χ3n) is 3.53. The summed E-state index contributed by atoms with van der Waals surface area (Å²) in [5.74, 6) is 0.922. The molecule has 16 heavy (non-hydrogen) atoms. The van der Waals surface area contributed by atoms with Crippen LogP contribution in [0.5, 0.6) is 0 Å². The van der Waals surface area contributed by atoms with Gasteiger partial charge in [0.25, 0.3) is 0 Å². The van der Waals surface area contributed by atoms with Crippen LogP contribution in [0.3, 0.4) is 0 Å².